The van der Waals surface area contributed by atoms with E-state index < -0.39 is 24.5 Å². The maximum atomic E-state index is 12.6. The molecule has 32 heavy (non-hydrogen) atoms. The fraction of sp³-hybridized carbons (Fsp3) is 0.522. The van der Waals surface area contributed by atoms with E-state index in [2.05, 4.69) is 10.6 Å². The molecule has 3 aliphatic rings. The monoisotopic (exact) mass is 441 g/mol. The van der Waals surface area contributed by atoms with Crippen LogP contribution in [0.3, 0.4) is 0 Å². The number of amides is 4. The van der Waals surface area contributed by atoms with Gasteiger partial charge in [-0.25, -0.2) is 4.79 Å². The number of likely N-dealkylation sites (tertiary alicyclic amines) is 1. The number of rotatable bonds is 7. The van der Waals surface area contributed by atoms with Gasteiger partial charge in [-0.05, 0) is 44.7 Å². The number of hydrogen-bond donors (Lipinski definition) is 2. The van der Waals surface area contributed by atoms with Crippen LogP contribution in [-0.4, -0.2) is 53.2 Å². The summed E-state index contributed by atoms with van der Waals surface area (Å²) in [6.07, 6.45) is 4.99. The van der Waals surface area contributed by atoms with Gasteiger partial charge in [0.2, 0.25) is 11.8 Å². The van der Waals surface area contributed by atoms with E-state index in [1.165, 1.54) is 6.92 Å². The minimum absolute atomic E-state index is 0.175. The number of hydrogen-bond acceptors (Lipinski definition) is 6. The van der Waals surface area contributed by atoms with Crippen LogP contribution in [0.25, 0.3) is 0 Å². The van der Waals surface area contributed by atoms with Crippen molar-refractivity contribution >= 4 is 35.3 Å². The Bertz CT molecular complexity index is 933. The first-order valence-electron chi connectivity index (χ1n) is 11.1. The van der Waals surface area contributed by atoms with Crippen LogP contribution in [0.2, 0.25) is 0 Å². The Balaban J connectivity index is 1.32. The molecule has 2 aliphatic carbocycles. The zero-order valence-electron chi connectivity index (χ0n) is 18.0. The number of esters is 1. The number of imide groups is 1. The molecule has 4 rings (SSSR count). The number of nitrogens with one attached hydrogen (secondary N) is 2. The standard InChI is InChI=1S/C23H27N3O6/c1-13(26-21(29)15-6-2-3-7-16(15)22(26)30)23(31)32-12-19(27)25-18-9-5-4-8-17(18)20(28)24-14-10-11-14/h4-5,8-9,13-16H,2-3,6-7,10-12H2,1H3,(H,24,28)(H,25,27). The third kappa shape index (κ3) is 4.51. The maximum Gasteiger partial charge on any atom is 0.329 e. The number of carbonyl (C=O) groups excluding carboxylic acids is 5. The Kier molecular flexibility index (Phi) is 6.25. The number of fused-ring (bicyclic) bond motifs is 1. The lowest BCUT2D eigenvalue weighted by molar-refractivity contribution is -0.159. The van der Waals surface area contributed by atoms with Crippen molar-refractivity contribution in [3.63, 3.8) is 0 Å². The van der Waals surface area contributed by atoms with Gasteiger partial charge in [0.05, 0.1) is 23.1 Å². The molecule has 0 bridgehead atoms. The first-order valence-corrected chi connectivity index (χ1v) is 11.1. The Hall–Kier alpha value is -3.23. The highest BCUT2D eigenvalue weighted by atomic mass is 16.5. The van der Waals surface area contributed by atoms with Crippen LogP contribution in [0.4, 0.5) is 5.69 Å². The van der Waals surface area contributed by atoms with Gasteiger partial charge < -0.3 is 15.4 Å². The molecule has 1 aromatic rings. The average Bonchev–Trinajstić information content (AvgIpc) is 3.57. The van der Waals surface area contributed by atoms with E-state index in [9.17, 15) is 24.0 Å². The first-order chi connectivity index (χ1) is 15.4. The molecule has 0 spiro atoms. The van der Waals surface area contributed by atoms with Gasteiger partial charge in [-0.1, -0.05) is 25.0 Å². The molecule has 1 heterocycles. The molecule has 1 aromatic carbocycles. The van der Waals surface area contributed by atoms with E-state index in [0.29, 0.717) is 24.1 Å². The van der Waals surface area contributed by atoms with E-state index in [1.54, 1.807) is 24.3 Å². The highest BCUT2D eigenvalue weighted by Gasteiger charge is 2.51. The van der Waals surface area contributed by atoms with Gasteiger partial charge in [0.15, 0.2) is 6.61 Å². The van der Waals surface area contributed by atoms with Crippen LogP contribution < -0.4 is 10.6 Å². The second-order valence-electron chi connectivity index (χ2n) is 8.67. The van der Waals surface area contributed by atoms with Crippen molar-refractivity contribution in [3.8, 4) is 0 Å². The molecular weight excluding hydrogens is 414 g/mol. The van der Waals surface area contributed by atoms with Crippen LogP contribution in [0, 0.1) is 11.8 Å². The molecule has 170 valence electrons. The Labute approximate surface area is 185 Å². The summed E-state index contributed by atoms with van der Waals surface area (Å²) in [5.41, 5.74) is 0.636. The Morgan fingerprint density at radius 3 is 2.28 bits per heavy atom. The summed E-state index contributed by atoms with van der Waals surface area (Å²) in [7, 11) is 0. The zero-order valence-corrected chi connectivity index (χ0v) is 18.0. The SMILES string of the molecule is CC(C(=O)OCC(=O)Nc1ccccc1C(=O)NC1CC1)N1C(=O)C2CCCCC2C1=O. The van der Waals surface area contributed by atoms with Crippen molar-refractivity contribution in [2.75, 3.05) is 11.9 Å². The molecule has 3 atom stereocenters. The molecule has 3 unspecified atom stereocenters. The molecule has 1 saturated heterocycles. The van der Waals surface area contributed by atoms with E-state index >= 15 is 0 Å². The number of para-hydroxylation sites is 1. The van der Waals surface area contributed by atoms with Gasteiger partial charge in [0.25, 0.3) is 11.8 Å². The molecule has 3 fully saturated rings. The predicted octanol–water partition coefficient (Wildman–Crippen LogP) is 1.62. The van der Waals surface area contributed by atoms with E-state index in [-0.39, 0.29) is 35.6 Å². The molecule has 9 heteroatoms. The van der Waals surface area contributed by atoms with Crippen LogP contribution in [0.5, 0.6) is 0 Å². The third-order valence-electron chi connectivity index (χ3n) is 6.31. The van der Waals surface area contributed by atoms with Gasteiger partial charge in [-0.2, -0.15) is 0 Å². The summed E-state index contributed by atoms with van der Waals surface area (Å²) in [6, 6.07) is 5.65. The van der Waals surface area contributed by atoms with Crippen LogP contribution in [0.15, 0.2) is 24.3 Å². The van der Waals surface area contributed by atoms with Gasteiger partial charge >= 0.3 is 5.97 Å². The topological polar surface area (TPSA) is 122 Å². The quantitative estimate of drug-likeness (QED) is 0.490. The van der Waals surface area contributed by atoms with Crippen LogP contribution in [-0.2, 0) is 23.9 Å². The first kappa shape index (κ1) is 22.0. The Morgan fingerprint density at radius 1 is 1.03 bits per heavy atom. The number of anilines is 1. The smallest absolute Gasteiger partial charge is 0.329 e. The summed E-state index contributed by atoms with van der Waals surface area (Å²) < 4.78 is 5.08. The highest BCUT2D eigenvalue weighted by Crippen LogP contribution is 2.38. The van der Waals surface area contributed by atoms with Crippen molar-refractivity contribution in [2.45, 2.75) is 57.5 Å². The average molecular weight is 441 g/mol. The summed E-state index contributed by atoms with van der Waals surface area (Å²) in [5, 5.41) is 5.45. The fourth-order valence-electron chi connectivity index (χ4n) is 4.40. The molecule has 2 saturated carbocycles. The van der Waals surface area contributed by atoms with Gasteiger partial charge in [-0.3, -0.25) is 24.1 Å². The Morgan fingerprint density at radius 2 is 1.66 bits per heavy atom. The van der Waals surface area contributed by atoms with Gasteiger partial charge in [0.1, 0.15) is 6.04 Å². The normalized spacial score (nSPS) is 23.3. The van der Waals surface area contributed by atoms with Crippen molar-refractivity contribution < 1.29 is 28.7 Å². The van der Waals surface area contributed by atoms with E-state index in [4.69, 9.17) is 4.74 Å². The molecule has 0 aromatic heterocycles. The fourth-order valence-corrected chi connectivity index (χ4v) is 4.40. The predicted molar refractivity (Wildman–Crippen MR) is 113 cm³/mol. The van der Waals surface area contributed by atoms with Crippen LogP contribution in [0.1, 0.15) is 55.8 Å². The minimum atomic E-state index is -1.09. The van der Waals surface area contributed by atoms with E-state index in [0.717, 1.165) is 30.6 Å². The van der Waals surface area contributed by atoms with Gasteiger partial charge in [0, 0.05) is 6.04 Å². The highest BCUT2D eigenvalue weighted by molar-refractivity contribution is 6.08. The van der Waals surface area contributed by atoms with Crippen molar-refractivity contribution in [3.05, 3.63) is 29.8 Å². The molecule has 4 amide bonds. The molecule has 0 radical (unpaired) electrons. The van der Waals surface area contributed by atoms with Gasteiger partial charge in [-0.15, -0.1) is 0 Å². The van der Waals surface area contributed by atoms with Crippen molar-refractivity contribution in [1.29, 1.82) is 0 Å². The summed E-state index contributed by atoms with van der Waals surface area (Å²) in [6.45, 7) is 0.843. The number of ether oxygens (including phenoxy) is 1. The second-order valence-corrected chi connectivity index (χ2v) is 8.67. The van der Waals surface area contributed by atoms with Crippen molar-refractivity contribution in [2.24, 2.45) is 11.8 Å². The summed E-state index contributed by atoms with van der Waals surface area (Å²) in [4.78, 5) is 63.4. The maximum absolute atomic E-state index is 12.6. The van der Waals surface area contributed by atoms with Crippen molar-refractivity contribution in [1.82, 2.24) is 10.2 Å². The summed E-state index contributed by atoms with van der Waals surface area (Å²) >= 11 is 0. The third-order valence-corrected chi connectivity index (χ3v) is 6.31. The van der Waals surface area contributed by atoms with Crippen LogP contribution >= 0.6 is 0 Å². The molecule has 9 nitrogen and oxygen atoms in total. The lowest BCUT2D eigenvalue weighted by atomic mass is 9.81. The molecular formula is C23H27N3O6. The van der Waals surface area contributed by atoms with E-state index in [1.807, 2.05) is 0 Å². The molecule has 1 aliphatic heterocycles. The minimum Gasteiger partial charge on any atom is -0.454 e. The number of benzene rings is 1. The number of carbonyl (C=O) groups is 5. The lowest BCUT2D eigenvalue weighted by Crippen LogP contribution is -2.45. The molecule has 2 N–H and O–H groups in total. The lowest BCUT2D eigenvalue weighted by Gasteiger charge is -2.21. The number of nitrogens with zero attached hydrogens (tertiary/aromatic N) is 1. The second kappa shape index (κ2) is 9.10. The summed E-state index contributed by atoms with van der Waals surface area (Å²) in [5.74, 6) is -3.08. The largest absolute Gasteiger partial charge is 0.454 e. The zero-order chi connectivity index (χ0) is 22.8.